The fraction of sp³-hybridized carbons (Fsp3) is 0.471. The van der Waals surface area contributed by atoms with Crippen LogP contribution in [0.3, 0.4) is 0 Å². The first-order chi connectivity index (χ1) is 17.2. The van der Waals surface area contributed by atoms with Gasteiger partial charge >= 0.3 is 0 Å². The summed E-state index contributed by atoms with van der Waals surface area (Å²) in [6.07, 6.45) is 15.9. The number of hydrogen-bond acceptors (Lipinski definition) is 1. The van der Waals surface area contributed by atoms with E-state index in [0.717, 1.165) is 19.3 Å². The number of ether oxygens (including phenoxy) is 1. The molecule has 0 saturated heterocycles. The van der Waals surface area contributed by atoms with Crippen LogP contribution in [0, 0.1) is 0 Å². The minimum atomic E-state index is 0.291. The Bertz CT molecular complexity index is 911. The van der Waals surface area contributed by atoms with Gasteiger partial charge in [-0.25, -0.2) is 0 Å². The third-order valence-corrected chi connectivity index (χ3v) is 7.01. The van der Waals surface area contributed by atoms with E-state index in [2.05, 4.69) is 86.6 Å². The molecule has 3 rings (SSSR count). The second kappa shape index (κ2) is 16.3. The van der Waals surface area contributed by atoms with Gasteiger partial charge in [-0.05, 0) is 66.8 Å². The van der Waals surface area contributed by atoms with Gasteiger partial charge < -0.3 is 4.74 Å². The first-order valence-corrected chi connectivity index (χ1v) is 14.1. The molecule has 0 spiro atoms. The van der Waals surface area contributed by atoms with Crippen molar-refractivity contribution in [3.8, 4) is 11.1 Å². The molecule has 0 aliphatic rings. The molecule has 1 unspecified atom stereocenters. The smallest absolute Gasteiger partial charge is 0.0720 e. The lowest BCUT2D eigenvalue weighted by atomic mass is 9.99. The lowest BCUT2D eigenvalue weighted by molar-refractivity contribution is 0.0464. The standard InChI is InChI=1S/C34H46O/c1-3-4-5-6-7-8-9-11-16-30-20-24-33(25-21-30)34-26-22-31(23-27-34)19-14-15-29(2)35-28-32-17-12-10-13-18-32/h10,12-13,17-18,20-27,29H,3-9,11,14-16,19,28H2,1-2H3. The summed E-state index contributed by atoms with van der Waals surface area (Å²) in [5, 5.41) is 0. The Morgan fingerprint density at radius 1 is 0.543 bits per heavy atom. The number of hydrogen-bond donors (Lipinski definition) is 0. The Labute approximate surface area is 214 Å². The van der Waals surface area contributed by atoms with Crippen molar-refractivity contribution in [3.63, 3.8) is 0 Å². The van der Waals surface area contributed by atoms with Crippen LogP contribution in [0.1, 0.15) is 94.7 Å². The molecule has 0 heterocycles. The summed E-state index contributed by atoms with van der Waals surface area (Å²) in [5.74, 6) is 0. The normalized spacial score (nSPS) is 12.1. The molecule has 0 aliphatic heterocycles. The molecule has 35 heavy (non-hydrogen) atoms. The topological polar surface area (TPSA) is 9.23 Å². The highest BCUT2D eigenvalue weighted by Crippen LogP contribution is 2.22. The molecule has 188 valence electrons. The Morgan fingerprint density at radius 3 is 1.63 bits per heavy atom. The van der Waals surface area contributed by atoms with E-state index < -0.39 is 0 Å². The summed E-state index contributed by atoms with van der Waals surface area (Å²) in [6, 6.07) is 28.8. The molecule has 1 nitrogen and oxygen atoms in total. The predicted molar refractivity (Wildman–Crippen MR) is 152 cm³/mol. The van der Waals surface area contributed by atoms with Crippen LogP contribution in [0.4, 0.5) is 0 Å². The van der Waals surface area contributed by atoms with Crippen molar-refractivity contribution >= 4 is 0 Å². The van der Waals surface area contributed by atoms with E-state index in [9.17, 15) is 0 Å². The third kappa shape index (κ3) is 10.8. The first-order valence-electron chi connectivity index (χ1n) is 14.1. The van der Waals surface area contributed by atoms with E-state index in [-0.39, 0.29) is 0 Å². The van der Waals surface area contributed by atoms with E-state index in [1.54, 1.807) is 0 Å². The zero-order valence-corrected chi connectivity index (χ0v) is 22.2. The highest BCUT2D eigenvalue weighted by atomic mass is 16.5. The van der Waals surface area contributed by atoms with Crippen LogP contribution in [-0.2, 0) is 24.2 Å². The Hall–Kier alpha value is -2.38. The van der Waals surface area contributed by atoms with Crippen LogP contribution in [-0.4, -0.2) is 6.10 Å². The van der Waals surface area contributed by atoms with Crippen molar-refractivity contribution in [1.82, 2.24) is 0 Å². The maximum Gasteiger partial charge on any atom is 0.0720 e. The van der Waals surface area contributed by atoms with Crippen molar-refractivity contribution in [2.45, 2.75) is 104 Å². The Balaban J connectivity index is 1.32. The molecule has 1 atom stereocenters. The monoisotopic (exact) mass is 470 g/mol. The highest BCUT2D eigenvalue weighted by Gasteiger charge is 2.04. The largest absolute Gasteiger partial charge is 0.374 e. The summed E-state index contributed by atoms with van der Waals surface area (Å²) in [6.45, 7) is 5.17. The summed E-state index contributed by atoms with van der Waals surface area (Å²) in [5.41, 5.74) is 6.76. The van der Waals surface area contributed by atoms with Gasteiger partial charge in [-0.2, -0.15) is 0 Å². The molecular weight excluding hydrogens is 424 g/mol. The van der Waals surface area contributed by atoms with Crippen LogP contribution >= 0.6 is 0 Å². The van der Waals surface area contributed by atoms with Crippen LogP contribution in [0.5, 0.6) is 0 Å². The van der Waals surface area contributed by atoms with E-state index in [1.807, 2.05) is 6.07 Å². The fourth-order valence-electron chi connectivity index (χ4n) is 4.68. The summed E-state index contributed by atoms with van der Waals surface area (Å²) in [4.78, 5) is 0. The maximum absolute atomic E-state index is 6.01. The quantitative estimate of drug-likeness (QED) is 0.178. The lowest BCUT2D eigenvalue weighted by Gasteiger charge is -2.13. The Kier molecular flexibility index (Phi) is 12.7. The maximum atomic E-state index is 6.01. The molecule has 0 amide bonds. The number of unbranched alkanes of at least 4 members (excludes halogenated alkanes) is 7. The van der Waals surface area contributed by atoms with Gasteiger partial charge in [0.05, 0.1) is 12.7 Å². The number of benzene rings is 3. The zero-order chi connectivity index (χ0) is 24.6. The van der Waals surface area contributed by atoms with Gasteiger partial charge in [-0.15, -0.1) is 0 Å². The number of aryl methyl sites for hydroxylation is 2. The van der Waals surface area contributed by atoms with Crippen molar-refractivity contribution in [1.29, 1.82) is 0 Å². The minimum absolute atomic E-state index is 0.291. The Morgan fingerprint density at radius 2 is 1.06 bits per heavy atom. The van der Waals surface area contributed by atoms with Crippen LogP contribution in [0.2, 0.25) is 0 Å². The zero-order valence-electron chi connectivity index (χ0n) is 22.2. The third-order valence-electron chi connectivity index (χ3n) is 7.01. The van der Waals surface area contributed by atoms with Crippen molar-refractivity contribution in [2.75, 3.05) is 0 Å². The molecule has 0 radical (unpaired) electrons. The molecule has 0 aliphatic carbocycles. The van der Waals surface area contributed by atoms with Gasteiger partial charge in [-0.1, -0.05) is 131 Å². The van der Waals surface area contributed by atoms with Crippen molar-refractivity contribution < 1.29 is 4.74 Å². The van der Waals surface area contributed by atoms with Gasteiger partial charge in [0.25, 0.3) is 0 Å². The lowest BCUT2D eigenvalue weighted by Crippen LogP contribution is -2.08. The average Bonchev–Trinajstić information content (AvgIpc) is 2.90. The van der Waals surface area contributed by atoms with Crippen molar-refractivity contribution in [2.24, 2.45) is 0 Å². The molecule has 0 saturated carbocycles. The van der Waals surface area contributed by atoms with Crippen LogP contribution in [0.25, 0.3) is 11.1 Å². The molecule has 3 aromatic rings. The molecule has 0 bridgehead atoms. The SMILES string of the molecule is CCCCCCCCCCc1ccc(-c2ccc(CCCC(C)OCc3ccccc3)cc2)cc1. The summed E-state index contributed by atoms with van der Waals surface area (Å²) < 4.78 is 6.01. The van der Waals surface area contributed by atoms with Crippen LogP contribution < -0.4 is 0 Å². The molecule has 1 heteroatoms. The molecule has 0 N–H and O–H groups in total. The summed E-state index contributed by atoms with van der Waals surface area (Å²) in [7, 11) is 0. The molecular formula is C34H46O. The fourth-order valence-corrected chi connectivity index (χ4v) is 4.68. The van der Waals surface area contributed by atoms with Gasteiger partial charge in [-0.3, -0.25) is 0 Å². The molecule has 3 aromatic carbocycles. The van der Waals surface area contributed by atoms with Gasteiger partial charge in [0.15, 0.2) is 0 Å². The second-order valence-corrected chi connectivity index (χ2v) is 10.1. The minimum Gasteiger partial charge on any atom is -0.374 e. The van der Waals surface area contributed by atoms with Gasteiger partial charge in [0.1, 0.15) is 0 Å². The van der Waals surface area contributed by atoms with Crippen molar-refractivity contribution in [3.05, 3.63) is 95.6 Å². The van der Waals surface area contributed by atoms with Gasteiger partial charge in [0.2, 0.25) is 0 Å². The highest BCUT2D eigenvalue weighted by molar-refractivity contribution is 5.64. The first kappa shape index (κ1) is 27.2. The predicted octanol–water partition coefficient (Wildman–Crippen LogP) is 9.96. The van der Waals surface area contributed by atoms with Crippen LogP contribution in [0.15, 0.2) is 78.9 Å². The average molecular weight is 471 g/mol. The number of rotatable bonds is 17. The summed E-state index contributed by atoms with van der Waals surface area (Å²) >= 11 is 0. The molecule has 0 aromatic heterocycles. The van der Waals surface area contributed by atoms with Gasteiger partial charge in [0, 0.05) is 0 Å². The van der Waals surface area contributed by atoms with E-state index in [1.165, 1.54) is 85.6 Å². The van der Waals surface area contributed by atoms with E-state index in [4.69, 9.17) is 4.74 Å². The molecule has 0 fully saturated rings. The second-order valence-electron chi connectivity index (χ2n) is 10.1. The van der Waals surface area contributed by atoms with E-state index >= 15 is 0 Å². The van der Waals surface area contributed by atoms with E-state index in [0.29, 0.717) is 12.7 Å².